The highest BCUT2D eigenvalue weighted by Crippen LogP contribution is 2.26. The lowest BCUT2D eigenvalue weighted by Crippen LogP contribution is -2.61. The van der Waals surface area contributed by atoms with Gasteiger partial charge in [0.2, 0.25) is 5.91 Å². The lowest BCUT2D eigenvalue weighted by Gasteiger charge is -2.43. The number of anilines is 2. The van der Waals surface area contributed by atoms with Crippen LogP contribution < -0.4 is 16.0 Å². The maximum absolute atomic E-state index is 12.6. The molecule has 0 spiro atoms. The Kier molecular flexibility index (Phi) is 7.20. The van der Waals surface area contributed by atoms with Crippen LogP contribution in [0.5, 0.6) is 0 Å². The number of hydrogen-bond acceptors (Lipinski definition) is 8. The molecule has 186 valence electrons. The molecule has 9 nitrogen and oxygen atoms in total. The van der Waals surface area contributed by atoms with Crippen molar-refractivity contribution >= 4 is 34.3 Å². The Labute approximate surface area is 209 Å². The van der Waals surface area contributed by atoms with Crippen molar-refractivity contribution in [3.05, 3.63) is 72.6 Å². The van der Waals surface area contributed by atoms with Gasteiger partial charge in [0.15, 0.2) is 0 Å². The molecule has 2 aromatic carbocycles. The van der Waals surface area contributed by atoms with Crippen LogP contribution in [-0.4, -0.2) is 65.1 Å². The second kappa shape index (κ2) is 10.8. The van der Waals surface area contributed by atoms with Gasteiger partial charge < -0.3 is 20.7 Å². The van der Waals surface area contributed by atoms with Crippen LogP contribution in [0.3, 0.4) is 0 Å². The zero-order valence-electron chi connectivity index (χ0n) is 20.2. The Morgan fingerprint density at radius 3 is 2.97 bits per heavy atom. The van der Waals surface area contributed by atoms with E-state index in [9.17, 15) is 9.59 Å². The summed E-state index contributed by atoms with van der Waals surface area (Å²) in [6.45, 7) is 4.88. The summed E-state index contributed by atoms with van der Waals surface area (Å²) in [5.74, 6) is 0.243. The molecular weight excluding hydrogens is 456 g/mol. The summed E-state index contributed by atoms with van der Waals surface area (Å²) in [6, 6.07) is 15.9. The molecule has 36 heavy (non-hydrogen) atoms. The fraction of sp³-hybridized carbons (Fsp3) is 0.333. The fourth-order valence-corrected chi connectivity index (χ4v) is 4.76. The van der Waals surface area contributed by atoms with Crippen LogP contribution in [0.15, 0.2) is 67.0 Å². The summed E-state index contributed by atoms with van der Waals surface area (Å²) in [5.41, 5.74) is 2.58. The number of aromatic nitrogens is 2. The number of cyclic esters (lactones) is 1. The van der Waals surface area contributed by atoms with Crippen LogP contribution in [0.1, 0.15) is 24.9 Å². The number of nitrogens with zero attached hydrogens (tertiary/aromatic N) is 3. The van der Waals surface area contributed by atoms with Gasteiger partial charge in [0.05, 0.1) is 18.1 Å². The normalized spacial score (nSPS) is 21.1. The van der Waals surface area contributed by atoms with E-state index in [1.54, 1.807) is 6.08 Å². The lowest BCUT2D eigenvalue weighted by molar-refractivity contribution is -0.165. The van der Waals surface area contributed by atoms with Gasteiger partial charge in [-0.1, -0.05) is 36.4 Å². The molecule has 1 amide bonds. The van der Waals surface area contributed by atoms with Crippen LogP contribution in [-0.2, 0) is 14.3 Å². The largest absolute Gasteiger partial charge is 0.459 e. The predicted octanol–water partition coefficient (Wildman–Crippen LogP) is 2.89. The Morgan fingerprint density at radius 1 is 1.25 bits per heavy atom. The summed E-state index contributed by atoms with van der Waals surface area (Å²) < 4.78 is 5.56. The van der Waals surface area contributed by atoms with E-state index in [2.05, 4.69) is 49.9 Å². The molecule has 0 aliphatic carbocycles. The standard InChI is InChI=1S/C27H30N6O3/c1-18(19-6-3-2-4-7-19)31-27-21-14-20(10-11-22(21)29-17-30-27)32-25(34)9-5-8-24-23-15-28-12-13-33(23)16-26(35)36-24/h2-7,9-11,14,17-18,23-24,28H,8,12-13,15-16H2,1H3,(H,32,34)(H,29,30,31)/t18?,23?,24-/m1/s1. The van der Waals surface area contributed by atoms with Gasteiger partial charge in [-0.05, 0) is 36.8 Å². The van der Waals surface area contributed by atoms with Crippen molar-refractivity contribution in [2.45, 2.75) is 31.5 Å². The molecular formula is C27H30N6O3. The van der Waals surface area contributed by atoms with Crippen molar-refractivity contribution in [2.24, 2.45) is 0 Å². The van der Waals surface area contributed by atoms with E-state index in [4.69, 9.17) is 4.74 Å². The van der Waals surface area contributed by atoms with Crippen molar-refractivity contribution < 1.29 is 14.3 Å². The molecule has 2 fully saturated rings. The number of esters is 1. The molecule has 2 saturated heterocycles. The van der Waals surface area contributed by atoms with Gasteiger partial charge in [-0.2, -0.15) is 0 Å². The summed E-state index contributed by atoms with van der Waals surface area (Å²) in [7, 11) is 0. The number of fused-ring (bicyclic) bond motifs is 2. The Hall–Kier alpha value is -3.82. The Morgan fingerprint density at radius 2 is 2.11 bits per heavy atom. The van der Waals surface area contributed by atoms with Gasteiger partial charge in [0, 0.05) is 43.2 Å². The predicted molar refractivity (Wildman–Crippen MR) is 139 cm³/mol. The smallest absolute Gasteiger partial charge is 0.320 e. The van der Waals surface area contributed by atoms with Gasteiger partial charge in [-0.25, -0.2) is 9.97 Å². The molecule has 2 aliphatic rings. The van der Waals surface area contributed by atoms with Gasteiger partial charge in [0.1, 0.15) is 18.2 Å². The van der Waals surface area contributed by atoms with Gasteiger partial charge >= 0.3 is 5.97 Å². The fourth-order valence-electron chi connectivity index (χ4n) is 4.76. The zero-order chi connectivity index (χ0) is 24.9. The van der Waals surface area contributed by atoms with Crippen LogP contribution in [0.2, 0.25) is 0 Å². The molecule has 0 saturated carbocycles. The van der Waals surface area contributed by atoms with E-state index >= 15 is 0 Å². The number of rotatable bonds is 7. The number of carbonyl (C=O) groups is 2. The van der Waals surface area contributed by atoms with Crippen LogP contribution in [0.25, 0.3) is 10.9 Å². The zero-order valence-corrected chi connectivity index (χ0v) is 20.2. The average molecular weight is 487 g/mol. The van der Waals surface area contributed by atoms with Gasteiger partial charge in [-0.3, -0.25) is 14.5 Å². The van der Waals surface area contributed by atoms with Crippen LogP contribution >= 0.6 is 0 Å². The molecule has 0 radical (unpaired) electrons. The Balaban J connectivity index is 1.24. The summed E-state index contributed by atoms with van der Waals surface area (Å²) in [6.07, 6.45) is 5.01. The van der Waals surface area contributed by atoms with E-state index in [1.165, 1.54) is 12.4 Å². The van der Waals surface area contributed by atoms with E-state index in [-0.39, 0.29) is 30.1 Å². The number of nitrogens with one attached hydrogen (secondary N) is 3. The monoisotopic (exact) mass is 486 g/mol. The number of morpholine rings is 1. The second-order valence-corrected chi connectivity index (χ2v) is 9.13. The second-order valence-electron chi connectivity index (χ2n) is 9.13. The first kappa shape index (κ1) is 23.9. The highest BCUT2D eigenvalue weighted by molar-refractivity contribution is 6.01. The lowest BCUT2D eigenvalue weighted by atomic mass is 10.0. The van der Waals surface area contributed by atoms with Crippen molar-refractivity contribution in [1.82, 2.24) is 20.2 Å². The van der Waals surface area contributed by atoms with Crippen molar-refractivity contribution in [1.29, 1.82) is 0 Å². The van der Waals surface area contributed by atoms with E-state index in [0.29, 0.717) is 24.5 Å². The third-order valence-electron chi connectivity index (χ3n) is 6.64. The quantitative estimate of drug-likeness (QED) is 0.346. The Bertz CT molecular complexity index is 1260. The molecule has 0 bridgehead atoms. The molecule has 3 aromatic rings. The molecule has 3 atom stereocenters. The SMILES string of the molecule is CC(Nc1ncnc2ccc(NC(=O)C=CC[C@H]3OC(=O)CN4CCNCC34)cc12)c1ccccc1. The summed E-state index contributed by atoms with van der Waals surface area (Å²) in [4.78, 5) is 35.5. The topological polar surface area (TPSA) is 108 Å². The maximum Gasteiger partial charge on any atom is 0.320 e. The number of piperazine rings is 1. The molecule has 1 aromatic heterocycles. The molecule has 3 heterocycles. The van der Waals surface area contributed by atoms with Crippen molar-refractivity contribution in [3.8, 4) is 0 Å². The molecule has 5 rings (SSSR count). The van der Waals surface area contributed by atoms with Crippen molar-refractivity contribution in [3.63, 3.8) is 0 Å². The molecule has 9 heteroatoms. The minimum atomic E-state index is -0.263. The highest BCUT2D eigenvalue weighted by atomic mass is 16.5. The first-order valence-electron chi connectivity index (χ1n) is 12.2. The molecule has 2 aliphatic heterocycles. The minimum Gasteiger partial charge on any atom is -0.459 e. The van der Waals surface area contributed by atoms with Crippen LogP contribution in [0.4, 0.5) is 11.5 Å². The maximum atomic E-state index is 12.6. The van der Waals surface area contributed by atoms with E-state index in [1.807, 2.05) is 36.4 Å². The number of hydrogen-bond donors (Lipinski definition) is 3. The van der Waals surface area contributed by atoms with Crippen LogP contribution in [0, 0.1) is 0 Å². The average Bonchev–Trinajstić information content (AvgIpc) is 2.89. The number of amides is 1. The van der Waals surface area contributed by atoms with Crippen molar-refractivity contribution in [2.75, 3.05) is 36.8 Å². The van der Waals surface area contributed by atoms with E-state index in [0.717, 1.165) is 36.1 Å². The molecule has 3 N–H and O–H groups in total. The molecule has 2 unspecified atom stereocenters. The number of benzene rings is 2. The van der Waals surface area contributed by atoms with E-state index < -0.39 is 0 Å². The first-order chi connectivity index (χ1) is 17.6. The third kappa shape index (κ3) is 5.53. The number of carbonyl (C=O) groups excluding carboxylic acids is 2. The highest BCUT2D eigenvalue weighted by Gasteiger charge is 2.37. The number of ether oxygens (including phenoxy) is 1. The minimum absolute atomic E-state index is 0.0506. The van der Waals surface area contributed by atoms with Gasteiger partial charge in [-0.15, -0.1) is 0 Å². The first-order valence-corrected chi connectivity index (χ1v) is 12.2. The third-order valence-corrected chi connectivity index (χ3v) is 6.64. The van der Waals surface area contributed by atoms with Gasteiger partial charge in [0.25, 0.3) is 0 Å². The summed E-state index contributed by atoms with van der Waals surface area (Å²) in [5, 5.41) is 10.5. The summed E-state index contributed by atoms with van der Waals surface area (Å²) >= 11 is 0.